The Morgan fingerprint density at radius 3 is 2.16 bits per heavy atom. The fourth-order valence-corrected chi connectivity index (χ4v) is 2.19. The summed E-state index contributed by atoms with van der Waals surface area (Å²) in [4.78, 5) is 35.8. The van der Waals surface area contributed by atoms with Gasteiger partial charge in [-0.25, -0.2) is 4.39 Å². The van der Waals surface area contributed by atoms with E-state index < -0.39 is 17.6 Å². The Kier molecular flexibility index (Phi) is 4.74. The number of hydrogen-bond donors (Lipinski definition) is 3. The van der Waals surface area contributed by atoms with Gasteiger partial charge in [0, 0.05) is 22.7 Å². The molecule has 3 N–H and O–H groups in total. The molecule has 128 valence electrons. The fourth-order valence-electron chi connectivity index (χ4n) is 2.19. The molecule has 3 rings (SSSR count). The molecule has 2 aromatic carbocycles. The van der Waals surface area contributed by atoms with E-state index in [0.717, 1.165) is 25.0 Å². The molecule has 0 heterocycles. The second-order valence-corrected chi connectivity index (χ2v) is 5.76. The summed E-state index contributed by atoms with van der Waals surface area (Å²) in [6, 6.07) is 11.3. The molecule has 0 atom stereocenters. The third kappa shape index (κ3) is 4.41. The normalized spacial score (nSPS) is 13.0. The van der Waals surface area contributed by atoms with Gasteiger partial charge in [0.15, 0.2) is 0 Å². The van der Waals surface area contributed by atoms with Gasteiger partial charge in [0.1, 0.15) is 5.82 Å². The van der Waals surface area contributed by atoms with Crippen LogP contribution in [-0.2, 0) is 4.79 Å². The van der Waals surface area contributed by atoms with Crippen molar-refractivity contribution in [2.75, 3.05) is 5.32 Å². The minimum Gasteiger partial charge on any atom is -0.326 e. The predicted octanol–water partition coefficient (Wildman–Crippen LogP) is 2.25. The van der Waals surface area contributed by atoms with Crippen molar-refractivity contribution < 1.29 is 18.8 Å². The van der Waals surface area contributed by atoms with Gasteiger partial charge < -0.3 is 5.32 Å². The average Bonchev–Trinajstić information content (AvgIpc) is 3.45. The molecule has 7 heteroatoms. The van der Waals surface area contributed by atoms with Crippen molar-refractivity contribution in [3.8, 4) is 0 Å². The molecule has 0 aliphatic heterocycles. The minimum atomic E-state index is -0.563. The quantitative estimate of drug-likeness (QED) is 0.746. The van der Waals surface area contributed by atoms with Gasteiger partial charge in [0.25, 0.3) is 11.8 Å². The first kappa shape index (κ1) is 16.6. The summed E-state index contributed by atoms with van der Waals surface area (Å²) in [7, 11) is 0. The van der Waals surface area contributed by atoms with Crippen LogP contribution in [0.3, 0.4) is 0 Å². The second-order valence-electron chi connectivity index (χ2n) is 5.76. The maximum absolute atomic E-state index is 12.8. The van der Waals surface area contributed by atoms with Crippen molar-refractivity contribution in [2.24, 2.45) is 5.92 Å². The molecule has 0 spiro atoms. The van der Waals surface area contributed by atoms with Gasteiger partial charge in [-0.1, -0.05) is 6.07 Å². The van der Waals surface area contributed by atoms with Crippen LogP contribution < -0.4 is 16.2 Å². The lowest BCUT2D eigenvalue weighted by molar-refractivity contribution is -0.117. The van der Waals surface area contributed by atoms with Crippen molar-refractivity contribution >= 4 is 23.4 Å². The third-order valence-electron chi connectivity index (χ3n) is 3.74. The molecule has 25 heavy (non-hydrogen) atoms. The van der Waals surface area contributed by atoms with Gasteiger partial charge in [0.05, 0.1) is 0 Å². The number of rotatable bonds is 4. The highest BCUT2D eigenvalue weighted by Crippen LogP contribution is 2.30. The van der Waals surface area contributed by atoms with E-state index in [2.05, 4.69) is 16.2 Å². The van der Waals surface area contributed by atoms with Crippen molar-refractivity contribution in [3.63, 3.8) is 0 Å². The van der Waals surface area contributed by atoms with Gasteiger partial charge >= 0.3 is 0 Å². The zero-order valence-electron chi connectivity index (χ0n) is 13.2. The van der Waals surface area contributed by atoms with Crippen molar-refractivity contribution in [2.45, 2.75) is 12.8 Å². The number of carbonyl (C=O) groups excluding carboxylic acids is 3. The Labute approximate surface area is 143 Å². The summed E-state index contributed by atoms with van der Waals surface area (Å²) < 4.78 is 12.8. The summed E-state index contributed by atoms with van der Waals surface area (Å²) in [5.41, 5.74) is 5.56. The molecule has 1 aliphatic carbocycles. The molecular weight excluding hydrogens is 325 g/mol. The van der Waals surface area contributed by atoms with Crippen LogP contribution in [0.5, 0.6) is 0 Å². The van der Waals surface area contributed by atoms with E-state index in [1.165, 1.54) is 18.2 Å². The fraction of sp³-hybridized carbons (Fsp3) is 0.167. The Hall–Kier alpha value is -3.22. The SMILES string of the molecule is O=C(NNC(=O)c1cccc(NC(=O)C2CC2)c1)c1ccc(F)cc1. The Balaban J connectivity index is 1.58. The largest absolute Gasteiger partial charge is 0.326 e. The van der Waals surface area contributed by atoms with Crippen LogP contribution in [0.15, 0.2) is 48.5 Å². The zero-order chi connectivity index (χ0) is 17.8. The number of benzene rings is 2. The molecule has 6 nitrogen and oxygen atoms in total. The summed E-state index contributed by atoms with van der Waals surface area (Å²) in [5, 5.41) is 2.75. The van der Waals surface area contributed by atoms with E-state index >= 15 is 0 Å². The van der Waals surface area contributed by atoms with Gasteiger partial charge in [-0.2, -0.15) is 0 Å². The maximum atomic E-state index is 12.8. The number of amides is 3. The van der Waals surface area contributed by atoms with Crippen molar-refractivity contribution in [3.05, 3.63) is 65.5 Å². The molecule has 0 bridgehead atoms. The lowest BCUT2D eigenvalue weighted by Crippen LogP contribution is -2.41. The van der Waals surface area contributed by atoms with E-state index in [1.807, 2.05) is 0 Å². The number of hydrazine groups is 1. The lowest BCUT2D eigenvalue weighted by Gasteiger charge is -2.09. The van der Waals surface area contributed by atoms with Crippen LogP contribution in [0, 0.1) is 11.7 Å². The van der Waals surface area contributed by atoms with E-state index in [0.29, 0.717) is 5.69 Å². The Morgan fingerprint density at radius 1 is 0.880 bits per heavy atom. The summed E-state index contributed by atoms with van der Waals surface area (Å²) in [5.74, 6) is -1.54. The van der Waals surface area contributed by atoms with E-state index in [4.69, 9.17) is 0 Å². The first-order valence-corrected chi connectivity index (χ1v) is 7.80. The highest BCUT2D eigenvalue weighted by molar-refractivity contribution is 6.00. The van der Waals surface area contributed by atoms with Crippen LogP contribution in [0.1, 0.15) is 33.6 Å². The first-order valence-electron chi connectivity index (χ1n) is 7.80. The van der Waals surface area contributed by atoms with Gasteiger partial charge in [0.2, 0.25) is 5.91 Å². The van der Waals surface area contributed by atoms with Crippen molar-refractivity contribution in [1.82, 2.24) is 10.9 Å². The molecule has 0 aromatic heterocycles. The Bertz CT molecular complexity index is 817. The predicted molar refractivity (Wildman–Crippen MR) is 89.1 cm³/mol. The van der Waals surface area contributed by atoms with Crippen LogP contribution in [0.2, 0.25) is 0 Å². The van der Waals surface area contributed by atoms with Crippen LogP contribution >= 0.6 is 0 Å². The average molecular weight is 341 g/mol. The van der Waals surface area contributed by atoms with Gasteiger partial charge in [-0.3, -0.25) is 25.2 Å². The number of anilines is 1. The monoisotopic (exact) mass is 341 g/mol. The molecule has 3 amide bonds. The molecule has 1 fully saturated rings. The van der Waals surface area contributed by atoms with E-state index in [9.17, 15) is 18.8 Å². The molecule has 1 saturated carbocycles. The lowest BCUT2D eigenvalue weighted by atomic mass is 10.2. The zero-order valence-corrected chi connectivity index (χ0v) is 13.2. The van der Waals surface area contributed by atoms with Gasteiger partial charge in [-0.05, 0) is 55.3 Å². The van der Waals surface area contributed by atoms with E-state index in [1.54, 1.807) is 18.2 Å². The third-order valence-corrected chi connectivity index (χ3v) is 3.74. The van der Waals surface area contributed by atoms with Crippen molar-refractivity contribution in [1.29, 1.82) is 0 Å². The number of carbonyl (C=O) groups is 3. The van der Waals surface area contributed by atoms with E-state index in [-0.39, 0.29) is 23.0 Å². The molecule has 0 radical (unpaired) electrons. The first-order chi connectivity index (χ1) is 12.0. The van der Waals surface area contributed by atoms with Crippen LogP contribution in [0.25, 0.3) is 0 Å². The Morgan fingerprint density at radius 2 is 1.52 bits per heavy atom. The maximum Gasteiger partial charge on any atom is 0.269 e. The molecule has 2 aromatic rings. The summed E-state index contributed by atoms with van der Waals surface area (Å²) >= 11 is 0. The molecule has 1 aliphatic rings. The topological polar surface area (TPSA) is 87.3 Å². The minimum absolute atomic E-state index is 0.0535. The second kappa shape index (κ2) is 7.12. The number of hydrogen-bond acceptors (Lipinski definition) is 3. The summed E-state index contributed by atoms with van der Waals surface area (Å²) in [6.45, 7) is 0. The number of halogens is 1. The van der Waals surface area contributed by atoms with Crippen LogP contribution in [0.4, 0.5) is 10.1 Å². The summed E-state index contributed by atoms with van der Waals surface area (Å²) in [6.07, 6.45) is 1.78. The number of nitrogens with one attached hydrogen (secondary N) is 3. The standard InChI is InChI=1S/C18H16FN3O3/c19-14-8-6-12(7-9-14)17(24)21-22-18(25)13-2-1-3-15(10-13)20-16(23)11-4-5-11/h1-3,6-11H,4-5H2,(H,20,23)(H,21,24)(H,22,25). The molecule has 0 unspecified atom stereocenters. The highest BCUT2D eigenvalue weighted by atomic mass is 19.1. The molecular formula is C18H16FN3O3. The van der Waals surface area contributed by atoms with Gasteiger partial charge in [-0.15, -0.1) is 0 Å². The smallest absolute Gasteiger partial charge is 0.269 e. The highest BCUT2D eigenvalue weighted by Gasteiger charge is 2.29. The molecule has 0 saturated heterocycles. The van der Waals surface area contributed by atoms with Crippen LogP contribution in [-0.4, -0.2) is 17.7 Å².